The number of esters is 2. The Hall–Kier alpha value is -11.5. The number of cyclic esters (lactones) is 2. The molecule has 3 aromatic rings. The number of rotatable bonds is 18. The van der Waals surface area contributed by atoms with Gasteiger partial charge >= 0.3 is 25.3 Å². The van der Waals surface area contributed by atoms with Gasteiger partial charge in [0.25, 0.3) is 27.8 Å². The standard InChI is InChI=1S/C62H86N12O16.C9H13N3O5.C7H15Cl2N2O2P.C6H10N6O.CH4O3S/c1-27(2)42-59(84)73-23-17-19-36(73)57(82)69(13)25-38(75)71(15)48(29(5)6)61(86)88-33(11)44(55(80)65-42)67-53(78)35-22-21-31(9)51-46(35)64-47-40(41(63)50(77)32(10)52(47)90-51)54(79)68-45-34(12)89-62(87)49(30(7)8)72(16)39(76)26-70(14)58(83)37-20-18-24-74(37)60(85)43(28(3)4)66-56(45)81;10-5-1-2-12(9(16)11-5)8-7(15)6(14)4(3-13)17-8;8-2-5-11(6-3-9)14(12)10-4-1-7-13-14;1-12(2)11-10-6-4(5(7)13)8-3-9-6;1-5(2,3)4/h21-22,27-30,33-34,36-37,42-45,48-49H,17-20,23-26,63H2,1-16H3,(H,65,80)(H,66,81)(H,67,78)(H,68,79);1-2,4,6-8,13-15H,3H2,(H2,10,11,16);1-7H2,(H,10,12);3H,1-2H3,(H2,7,13)(H,8,9);1H3,(H,2,3,4)/b;;;11-10+;/t;4-,6-,7+,8-;;;/m.1.../s1. The molecule has 11 unspecified atom stereocenters. The number of H-pyrrole nitrogens is 1. The molecular formula is C85H128Cl2N23O27PS. The van der Waals surface area contributed by atoms with Crippen molar-refractivity contribution in [3.8, 4) is 11.5 Å². The maximum atomic E-state index is 15.2. The van der Waals surface area contributed by atoms with Crippen molar-refractivity contribution in [3.63, 3.8) is 0 Å². The summed E-state index contributed by atoms with van der Waals surface area (Å²) in [6.07, 6.45) is -1.98. The molecule has 2 aromatic heterocycles. The number of imidazole rings is 1. The van der Waals surface area contributed by atoms with Crippen molar-refractivity contribution in [2.45, 2.75) is 200 Å². The zero-order chi connectivity index (χ0) is 104. The molecule has 16 N–H and O–H groups in total. The van der Waals surface area contributed by atoms with Crippen LogP contribution < -0.4 is 54.7 Å². The molecule has 139 heavy (non-hydrogen) atoms. The number of aliphatic hydroxyl groups excluding tert-OH is 3. The number of hydrogen-bond donors (Lipinski definition) is 13. The second-order valence-corrected chi connectivity index (χ2v) is 39.9. The number of aromatic nitrogens is 5. The first kappa shape index (κ1) is 114. The SMILES string of the molecule is CN(C)/N=N/c1[nH]cnc1C(N)=O.CS(=O)(=O)O.Cc1c2oc3c(C)ccc(C(=O)NC4C(=O)NC(C(C)C)C(=O)N5CCCC5C(=O)N(C)CC(=O)N(C)C(C(C)C)C(=O)OC4C)c3nc-2c(C(=O)NC2C(=O)NC(C(C)C)C(=O)N3CCCC3C(=O)N(C)CC(=O)N(C)C(C(C)C)C(=O)OC2C)c(N)c1=O.Nc1ccn([C@@H]2O[C@H](CO)[C@@H](O)[C@@H]2O)c(=O)n1.O=P1(N(CCCl)CCCl)NCCCO1. The fourth-order valence-electron chi connectivity index (χ4n) is 16.0. The molecule has 54 heteroatoms. The van der Waals surface area contributed by atoms with Crippen LogP contribution in [0.15, 0.2) is 55.1 Å². The largest absolute Gasteiger partial charge is 0.458 e. The number of benzene rings is 2. The molecule has 50 nitrogen and oxygen atoms in total. The quantitative estimate of drug-likeness (QED) is 0.00777. The topological polar surface area (TPSA) is 686 Å². The Bertz CT molecular complexity index is 5570. The lowest BCUT2D eigenvalue weighted by Gasteiger charge is -2.36. The molecule has 0 spiro atoms. The zero-order valence-electron chi connectivity index (χ0n) is 80.9. The smallest absolute Gasteiger partial charge is 0.351 e. The number of nitrogen functional groups attached to an aromatic ring is 2. The van der Waals surface area contributed by atoms with Crippen LogP contribution in [0.25, 0.3) is 22.6 Å². The van der Waals surface area contributed by atoms with Gasteiger partial charge in [-0.2, -0.15) is 13.4 Å². The second-order valence-electron chi connectivity index (χ2n) is 35.5. The number of amides is 11. The van der Waals surface area contributed by atoms with E-state index >= 15 is 9.59 Å². The first-order valence-electron chi connectivity index (χ1n) is 44.6. The van der Waals surface area contributed by atoms with Gasteiger partial charge in [-0.05, 0) is 101 Å². The third-order valence-electron chi connectivity index (χ3n) is 23.3. The lowest BCUT2D eigenvalue weighted by atomic mass is 9.98. The average Bonchev–Trinajstić information content (AvgIpc) is 1.37. The molecule has 0 bridgehead atoms. The normalized spacial score (nSPS) is 25.3. The van der Waals surface area contributed by atoms with Crippen LogP contribution in [0.4, 0.5) is 17.3 Å². The monoisotopic (exact) mass is 2040 g/mol. The van der Waals surface area contributed by atoms with E-state index in [1.165, 1.54) is 104 Å². The van der Waals surface area contributed by atoms with Crippen molar-refractivity contribution >= 4 is 146 Å². The van der Waals surface area contributed by atoms with E-state index in [1.54, 1.807) is 81.1 Å². The highest BCUT2D eigenvalue weighted by Crippen LogP contribution is 2.48. The van der Waals surface area contributed by atoms with Crippen LogP contribution in [0, 0.1) is 37.5 Å². The summed E-state index contributed by atoms with van der Waals surface area (Å²) in [6.45, 7) is 20.2. The minimum atomic E-state index is -3.67. The van der Waals surface area contributed by atoms with Gasteiger partial charge in [-0.15, -0.1) is 28.3 Å². The lowest BCUT2D eigenvalue weighted by Crippen LogP contribution is -2.61. The van der Waals surface area contributed by atoms with Gasteiger partial charge in [0, 0.05) is 98.5 Å². The molecule has 6 fully saturated rings. The van der Waals surface area contributed by atoms with E-state index in [1.807, 2.05) is 0 Å². The zero-order valence-corrected chi connectivity index (χ0v) is 84.1. The summed E-state index contributed by atoms with van der Waals surface area (Å²) >= 11 is 11.2. The van der Waals surface area contributed by atoms with E-state index in [2.05, 4.69) is 51.6 Å². The minimum Gasteiger partial charge on any atom is -0.458 e. The highest BCUT2D eigenvalue weighted by atomic mass is 35.5. The van der Waals surface area contributed by atoms with Gasteiger partial charge in [0.2, 0.25) is 52.7 Å². The number of aryl methyl sites for hydroxylation is 1. The number of carbonyl (C=O) groups excluding carboxylic acids is 13. The fraction of sp³-hybridized carbons (Fsp3) is 0.624. The van der Waals surface area contributed by atoms with Gasteiger partial charge in [0.15, 0.2) is 29.1 Å². The lowest BCUT2D eigenvalue weighted by molar-refractivity contribution is -0.163. The predicted molar refractivity (Wildman–Crippen MR) is 503 cm³/mol. The highest BCUT2D eigenvalue weighted by molar-refractivity contribution is 7.85. The van der Waals surface area contributed by atoms with Crippen LogP contribution in [0.5, 0.6) is 0 Å². The molecule has 7 aliphatic heterocycles. The van der Waals surface area contributed by atoms with Gasteiger partial charge < -0.3 is 111 Å². The maximum absolute atomic E-state index is 15.2. The van der Waals surface area contributed by atoms with Crippen LogP contribution in [-0.4, -0.2) is 367 Å². The molecule has 0 radical (unpaired) electrons. The van der Waals surface area contributed by atoms with Crippen LogP contribution in [0.2, 0.25) is 0 Å². The average molecular weight is 2040 g/mol. The summed E-state index contributed by atoms with van der Waals surface area (Å²) < 4.78 is 69.5. The molecule has 1 aromatic carbocycles. The molecule has 11 amide bonds. The first-order chi connectivity index (χ1) is 65.0. The summed E-state index contributed by atoms with van der Waals surface area (Å²) in [4.78, 5) is 231. The second kappa shape index (κ2) is 50.0. The van der Waals surface area contributed by atoms with Crippen molar-refractivity contribution in [1.82, 2.24) is 89.9 Å². The van der Waals surface area contributed by atoms with E-state index in [0.29, 0.717) is 56.1 Å². The molecule has 0 saturated carbocycles. The maximum Gasteiger partial charge on any atom is 0.351 e. The van der Waals surface area contributed by atoms with E-state index < -0.39 is 251 Å². The number of nitrogens with two attached hydrogens (primary N) is 3. The number of nitrogens with zero attached hydrogens (tertiary/aromatic N) is 14. The van der Waals surface area contributed by atoms with Crippen molar-refractivity contribution < 1.29 is 118 Å². The Balaban J connectivity index is 0.000000426. The molecule has 770 valence electrons. The molecular weight excluding hydrogens is 1910 g/mol. The minimum absolute atomic E-state index is 0.0537. The predicted octanol–water partition coefficient (Wildman–Crippen LogP) is -0.380. The molecule has 6 saturated heterocycles. The Morgan fingerprint density at radius 2 is 1.19 bits per heavy atom. The molecule has 9 heterocycles. The summed E-state index contributed by atoms with van der Waals surface area (Å²) in [6, 6.07) is -6.53. The number of carbonyl (C=O) groups is 13. The number of anilines is 2. The van der Waals surface area contributed by atoms with Crippen LogP contribution in [0.1, 0.15) is 150 Å². The molecule has 8 aliphatic rings. The molecule has 15 atom stereocenters. The third kappa shape index (κ3) is 28.7. The molecule has 1 aliphatic carbocycles. The number of ether oxygens (including phenoxy) is 3. The van der Waals surface area contributed by atoms with Crippen molar-refractivity contribution in [1.29, 1.82) is 0 Å². The van der Waals surface area contributed by atoms with Crippen LogP contribution in [0.3, 0.4) is 0 Å². The number of hydrogen-bond acceptors (Lipinski definition) is 33. The Kier molecular flexibility index (Phi) is 41.2. The van der Waals surface area contributed by atoms with Crippen molar-refractivity contribution in [2.24, 2.45) is 39.7 Å². The van der Waals surface area contributed by atoms with E-state index in [4.69, 9.17) is 78.2 Å². The van der Waals surface area contributed by atoms with Crippen LogP contribution in [-0.2, 0) is 81.4 Å². The number of likely N-dealkylation sites (N-methyl/N-ethyl adjacent to an activating group) is 4. The van der Waals surface area contributed by atoms with E-state index in [9.17, 15) is 85.5 Å². The van der Waals surface area contributed by atoms with Crippen LogP contribution >= 0.6 is 30.9 Å². The number of primary amides is 1. The number of aliphatic hydroxyl groups is 3. The number of alkyl halides is 2. The Morgan fingerprint density at radius 3 is 1.62 bits per heavy atom. The first-order valence-corrected chi connectivity index (χ1v) is 49.1. The van der Waals surface area contributed by atoms with Gasteiger partial charge in [-0.25, -0.2) is 34.1 Å². The third-order valence-corrected chi connectivity index (χ3v) is 25.9. The van der Waals surface area contributed by atoms with Gasteiger partial charge in [-0.1, -0.05) is 66.7 Å². The number of fused-ring (bicyclic) bond motifs is 4. The summed E-state index contributed by atoms with van der Waals surface area (Å²) in [5, 5.41) is 50.6. The highest BCUT2D eigenvalue weighted by Gasteiger charge is 2.49. The van der Waals surface area contributed by atoms with E-state index in [-0.39, 0.29) is 71.2 Å². The summed E-state index contributed by atoms with van der Waals surface area (Å²) in [5.41, 5.74) is 13.3. The van der Waals surface area contributed by atoms with Gasteiger partial charge in [0.05, 0.1) is 55.7 Å². The van der Waals surface area contributed by atoms with E-state index in [0.717, 1.165) is 27.3 Å². The van der Waals surface area contributed by atoms with Crippen molar-refractivity contribution in [2.75, 3.05) is 131 Å². The Morgan fingerprint density at radius 1 is 0.705 bits per heavy atom. The van der Waals surface area contributed by atoms with Crippen molar-refractivity contribution in [3.05, 3.63) is 79.4 Å². The van der Waals surface area contributed by atoms with Gasteiger partial charge in [-0.3, -0.25) is 76.2 Å². The van der Waals surface area contributed by atoms with Gasteiger partial charge in [0.1, 0.15) is 95.9 Å². The number of nitrogens with one attached hydrogen (secondary N) is 6. The fourth-order valence-corrected chi connectivity index (χ4v) is 18.6. The number of halogens is 2. The number of aromatic amines is 1. The Labute approximate surface area is 812 Å². The summed E-state index contributed by atoms with van der Waals surface area (Å²) in [7, 11) is 2.50. The summed E-state index contributed by atoms with van der Waals surface area (Å²) in [5.74, 6) is -11.8. The molecule has 11 rings (SSSR count).